The summed E-state index contributed by atoms with van der Waals surface area (Å²) in [6.45, 7) is 4.59. The molecule has 168 valence electrons. The van der Waals surface area contributed by atoms with Crippen LogP contribution in [0.25, 0.3) is 10.9 Å². The number of para-hydroxylation sites is 1. The van der Waals surface area contributed by atoms with Crippen LogP contribution in [0.15, 0.2) is 83.7 Å². The molecule has 0 bridgehead atoms. The lowest BCUT2D eigenvalue weighted by Crippen LogP contribution is -2.39. The van der Waals surface area contributed by atoms with Gasteiger partial charge in [-0.05, 0) is 49.7 Å². The lowest BCUT2D eigenvalue weighted by Gasteiger charge is -2.30. The maximum absolute atomic E-state index is 13.4. The van der Waals surface area contributed by atoms with Crippen molar-refractivity contribution in [2.75, 3.05) is 5.32 Å². The Morgan fingerprint density at radius 2 is 1.79 bits per heavy atom. The summed E-state index contributed by atoms with van der Waals surface area (Å²) in [5, 5.41) is 4.03. The molecule has 1 aromatic heterocycles. The number of nitrogens with zero attached hydrogens (tertiary/aromatic N) is 3. The highest BCUT2D eigenvalue weighted by molar-refractivity contribution is 6.30. The fourth-order valence-corrected chi connectivity index (χ4v) is 4.07. The number of urea groups is 1. The summed E-state index contributed by atoms with van der Waals surface area (Å²) in [5.74, 6) is 0.540. The number of hydrogen-bond donors (Lipinski definition) is 1. The highest BCUT2D eigenvalue weighted by Crippen LogP contribution is 2.24. The minimum absolute atomic E-state index is 0.111. The topological polar surface area (TPSA) is 67.2 Å². The van der Waals surface area contributed by atoms with Crippen molar-refractivity contribution in [3.05, 3.63) is 106 Å². The molecule has 4 aromatic rings. The van der Waals surface area contributed by atoms with Crippen LogP contribution in [0.1, 0.15) is 31.3 Å². The van der Waals surface area contributed by atoms with Crippen LogP contribution in [-0.2, 0) is 13.1 Å². The van der Waals surface area contributed by atoms with Crippen LogP contribution < -0.4 is 10.9 Å². The molecule has 0 saturated heterocycles. The molecule has 0 saturated carbocycles. The Morgan fingerprint density at radius 3 is 2.52 bits per heavy atom. The SMILES string of the molecule is CCn1c(C(C)N(Cc2ccccc2)C(=O)Nc2cccc(Cl)c2)nc2ccccc2c1=O. The molecule has 0 aliphatic carbocycles. The van der Waals surface area contributed by atoms with Gasteiger partial charge in [-0.2, -0.15) is 0 Å². The number of carbonyl (C=O) groups is 1. The summed E-state index contributed by atoms with van der Waals surface area (Å²) in [7, 11) is 0. The van der Waals surface area contributed by atoms with Crippen LogP contribution in [-0.4, -0.2) is 20.5 Å². The molecular weight excluding hydrogens is 436 g/mol. The largest absolute Gasteiger partial charge is 0.322 e. The summed E-state index contributed by atoms with van der Waals surface area (Å²) in [6, 6.07) is 23.2. The number of rotatable bonds is 6. The number of hydrogen-bond acceptors (Lipinski definition) is 3. The minimum Gasteiger partial charge on any atom is -0.310 e. The van der Waals surface area contributed by atoms with Crippen molar-refractivity contribution in [3.63, 3.8) is 0 Å². The summed E-state index contributed by atoms with van der Waals surface area (Å²) < 4.78 is 1.64. The maximum Gasteiger partial charge on any atom is 0.322 e. The number of amides is 2. The number of anilines is 1. The minimum atomic E-state index is -0.471. The fourth-order valence-electron chi connectivity index (χ4n) is 3.88. The summed E-state index contributed by atoms with van der Waals surface area (Å²) >= 11 is 6.10. The second-order valence-electron chi connectivity index (χ2n) is 7.77. The summed E-state index contributed by atoms with van der Waals surface area (Å²) in [5.41, 5.74) is 2.07. The van der Waals surface area contributed by atoms with Gasteiger partial charge in [-0.1, -0.05) is 60.1 Å². The molecule has 2 amide bonds. The molecule has 7 heteroatoms. The molecule has 4 rings (SSSR count). The van der Waals surface area contributed by atoms with E-state index in [1.807, 2.05) is 62.4 Å². The van der Waals surface area contributed by atoms with Gasteiger partial charge >= 0.3 is 6.03 Å². The zero-order chi connectivity index (χ0) is 23.4. The van der Waals surface area contributed by atoms with Crippen molar-refractivity contribution in [2.45, 2.75) is 33.0 Å². The molecule has 1 atom stereocenters. The molecule has 1 heterocycles. The van der Waals surface area contributed by atoms with Crippen LogP contribution in [0.5, 0.6) is 0 Å². The first-order chi connectivity index (χ1) is 16.0. The van der Waals surface area contributed by atoms with Crippen LogP contribution in [0.2, 0.25) is 5.02 Å². The Balaban J connectivity index is 1.76. The highest BCUT2D eigenvalue weighted by Gasteiger charge is 2.26. The monoisotopic (exact) mass is 460 g/mol. The average Bonchev–Trinajstić information content (AvgIpc) is 2.82. The highest BCUT2D eigenvalue weighted by atomic mass is 35.5. The van der Waals surface area contributed by atoms with Gasteiger partial charge in [0.05, 0.1) is 16.9 Å². The molecule has 1 unspecified atom stereocenters. The van der Waals surface area contributed by atoms with Crippen LogP contribution >= 0.6 is 11.6 Å². The van der Waals surface area contributed by atoms with Gasteiger partial charge < -0.3 is 10.2 Å². The average molecular weight is 461 g/mol. The molecular formula is C26H25ClN4O2. The second kappa shape index (κ2) is 9.88. The lowest BCUT2D eigenvalue weighted by atomic mass is 10.1. The standard InChI is InChI=1S/C26H25ClN4O2/c1-3-30-24(29-23-15-8-7-14-22(23)25(30)32)18(2)31(17-19-10-5-4-6-11-19)26(33)28-21-13-9-12-20(27)16-21/h4-16,18H,3,17H2,1-2H3,(H,28,33). The van der Waals surface area contributed by atoms with Gasteiger partial charge in [0.25, 0.3) is 5.56 Å². The lowest BCUT2D eigenvalue weighted by molar-refractivity contribution is 0.184. The van der Waals surface area contributed by atoms with Crippen molar-refractivity contribution < 1.29 is 4.79 Å². The number of fused-ring (bicyclic) bond motifs is 1. The van der Waals surface area contributed by atoms with Gasteiger partial charge in [0.2, 0.25) is 0 Å². The zero-order valence-corrected chi connectivity index (χ0v) is 19.3. The van der Waals surface area contributed by atoms with Crippen molar-refractivity contribution in [1.29, 1.82) is 0 Å². The van der Waals surface area contributed by atoms with Gasteiger partial charge in [-0.3, -0.25) is 9.36 Å². The van der Waals surface area contributed by atoms with Crippen LogP contribution in [0.3, 0.4) is 0 Å². The van der Waals surface area contributed by atoms with E-state index in [0.717, 1.165) is 5.56 Å². The number of halogens is 1. The summed E-state index contributed by atoms with van der Waals surface area (Å²) in [6.07, 6.45) is 0. The Bertz CT molecular complexity index is 1340. The molecule has 0 radical (unpaired) electrons. The number of aromatic nitrogens is 2. The van der Waals surface area contributed by atoms with Gasteiger partial charge in [0, 0.05) is 23.8 Å². The Kier molecular flexibility index (Phi) is 6.75. The normalized spacial score (nSPS) is 11.8. The van der Waals surface area contributed by atoms with Crippen LogP contribution in [0.4, 0.5) is 10.5 Å². The van der Waals surface area contributed by atoms with E-state index in [1.165, 1.54) is 0 Å². The van der Waals surface area contributed by atoms with E-state index < -0.39 is 6.04 Å². The predicted octanol–water partition coefficient (Wildman–Crippen LogP) is 5.87. The Morgan fingerprint density at radius 1 is 1.06 bits per heavy atom. The first-order valence-electron chi connectivity index (χ1n) is 10.8. The maximum atomic E-state index is 13.4. The quantitative estimate of drug-likeness (QED) is 0.391. The van der Waals surface area contributed by atoms with Gasteiger partial charge in [0.15, 0.2) is 0 Å². The van der Waals surface area contributed by atoms with Gasteiger partial charge in [-0.15, -0.1) is 0 Å². The van der Waals surface area contributed by atoms with Gasteiger partial charge in [0.1, 0.15) is 5.82 Å². The van der Waals surface area contributed by atoms with Gasteiger partial charge in [-0.25, -0.2) is 9.78 Å². The first-order valence-corrected chi connectivity index (χ1v) is 11.2. The molecule has 3 aromatic carbocycles. The molecule has 0 aliphatic rings. The molecule has 6 nitrogen and oxygen atoms in total. The number of nitrogens with one attached hydrogen (secondary N) is 1. The fraction of sp³-hybridized carbons (Fsp3) is 0.192. The Labute approximate surface area is 197 Å². The van der Waals surface area contributed by atoms with E-state index in [-0.39, 0.29) is 11.6 Å². The zero-order valence-electron chi connectivity index (χ0n) is 18.5. The van der Waals surface area contributed by atoms with E-state index >= 15 is 0 Å². The molecule has 0 aliphatic heterocycles. The third kappa shape index (κ3) is 4.91. The van der Waals surface area contributed by atoms with E-state index in [4.69, 9.17) is 16.6 Å². The number of benzene rings is 3. The molecule has 1 N–H and O–H groups in total. The van der Waals surface area contributed by atoms with Crippen molar-refractivity contribution >= 4 is 34.2 Å². The van der Waals surface area contributed by atoms with Crippen molar-refractivity contribution in [1.82, 2.24) is 14.5 Å². The first kappa shape index (κ1) is 22.6. The van der Waals surface area contributed by atoms with Crippen molar-refractivity contribution in [2.24, 2.45) is 0 Å². The molecule has 0 spiro atoms. The third-order valence-corrected chi connectivity index (χ3v) is 5.82. The third-order valence-electron chi connectivity index (χ3n) is 5.58. The summed E-state index contributed by atoms with van der Waals surface area (Å²) in [4.78, 5) is 33.1. The van der Waals surface area contributed by atoms with E-state index in [9.17, 15) is 9.59 Å². The van der Waals surface area contributed by atoms with E-state index in [1.54, 1.807) is 39.8 Å². The smallest absolute Gasteiger partial charge is 0.310 e. The van der Waals surface area contributed by atoms with E-state index in [0.29, 0.717) is 40.5 Å². The van der Waals surface area contributed by atoms with Crippen LogP contribution in [0, 0.1) is 0 Å². The molecule has 33 heavy (non-hydrogen) atoms. The second-order valence-corrected chi connectivity index (χ2v) is 8.20. The molecule has 0 fully saturated rings. The Hall–Kier alpha value is -3.64. The predicted molar refractivity (Wildman–Crippen MR) is 133 cm³/mol. The van der Waals surface area contributed by atoms with E-state index in [2.05, 4.69) is 5.32 Å². The number of carbonyl (C=O) groups excluding carboxylic acids is 1. The van der Waals surface area contributed by atoms with Crippen molar-refractivity contribution in [3.8, 4) is 0 Å².